The van der Waals surface area contributed by atoms with E-state index in [0.29, 0.717) is 22.2 Å². The van der Waals surface area contributed by atoms with Gasteiger partial charge < -0.3 is 25.5 Å². The summed E-state index contributed by atoms with van der Waals surface area (Å²) in [7, 11) is 0. The van der Waals surface area contributed by atoms with E-state index in [1.807, 2.05) is 19.9 Å². The van der Waals surface area contributed by atoms with Crippen LogP contribution in [0, 0.1) is 19.7 Å². The summed E-state index contributed by atoms with van der Waals surface area (Å²) in [4.78, 5) is 26.6. The van der Waals surface area contributed by atoms with E-state index in [-0.39, 0.29) is 57.8 Å². The topological polar surface area (TPSA) is 97.1 Å². The summed E-state index contributed by atoms with van der Waals surface area (Å²) in [5, 5.41) is 16.8. The Kier molecular flexibility index (Phi) is 7.79. The maximum absolute atomic E-state index is 14.1. The Labute approximate surface area is 204 Å². The molecule has 1 unspecified atom stereocenters. The zero-order valence-electron chi connectivity index (χ0n) is 15.9. The molecule has 0 aliphatic rings. The number of urea groups is 1. The van der Waals surface area contributed by atoms with Crippen LogP contribution < -0.4 is 67.1 Å². The zero-order valence-corrected chi connectivity index (χ0v) is 19.1. The first-order valence-electron chi connectivity index (χ1n) is 8.45. The van der Waals surface area contributed by atoms with Crippen molar-refractivity contribution in [2.75, 3.05) is 5.32 Å². The van der Waals surface area contributed by atoms with Gasteiger partial charge in [0.05, 0.1) is 12.0 Å². The summed E-state index contributed by atoms with van der Waals surface area (Å²) in [6, 6.07) is 7.94. The van der Waals surface area contributed by atoms with Gasteiger partial charge in [-0.15, -0.1) is 0 Å². The molecule has 0 bridgehead atoms. The minimum atomic E-state index is -1.45. The number of carboxylic acids is 1. The van der Waals surface area contributed by atoms with Gasteiger partial charge in [0.2, 0.25) is 0 Å². The van der Waals surface area contributed by atoms with Crippen molar-refractivity contribution in [3.63, 3.8) is 0 Å². The Morgan fingerprint density at radius 2 is 1.93 bits per heavy atom. The number of hydrogen-bond acceptors (Lipinski definition) is 3. The fourth-order valence-corrected chi connectivity index (χ4v) is 2.93. The molecule has 2 amide bonds. The van der Waals surface area contributed by atoms with Gasteiger partial charge in [-0.2, -0.15) is 0 Å². The fourth-order valence-electron chi connectivity index (χ4n) is 2.93. The van der Waals surface area contributed by atoms with Crippen LogP contribution >= 0.6 is 0 Å². The maximum Gasteiger partial charge on any atom is 1.00 e. The smallest absolute Gasteiger partial charge is 0.548 e. The molecule has 0 saturated carbocycles. The van der Waals surface area contributed by atoms with Crippen LogP contribution in [-0.2, 0) is 11.2 Å². The molecular formula is C20H19FKN3O3. The summed E-state index contributed by atoms with van der Waals surface area (Å²) in [5.41, 5.74) is 3.63. The Bertz CT molecular complexity index is 1020. The Morgan fingerprint density at radius 1 is 1.18 bits per heavy atom. The third kappa shape index (κ3) is 5.21. The van der Waals surface area contributed by atoms with Crippen LogP contribution in [0.1, 0.15) is 16.7 Å². The minimum absolute atomic E-state index is 0. The normalized spacial score (nSPS) is 11.5. The molecule has 0 aliphatic carbocycles. The predicted molar refractivity (Wildman–Crippen MR) is 98.8 cm³/mol. The number of amides is 2. The van der Waals surface area contributed by atoms with Crippen LogP contribution in [0.5, 0.6) is 0 Å². The largest absolute Gasteiger partial charge is 1.00 e. The number of hydrogen-bond donors (Lipinski definition) is 3. The van der Waals surface area contributed by atoms with Gasteiger partial charge in [0.15, 0.2) is 0 Å². The van der Waals surface area contributed by atoms with Crippen molar-refractivity contribution >= 4 is 28.6 Å². The number of benzene rings is 2. The average molecular weight is 407 g/mol. The number of nitrogens with one attached hydrogen (secondary N) is 3. The number of aromatic nitrogens is 1. The van der Waals surface area contributed by atoms with Gasteiger partial charge in [-0.05, 0) is 54.8 Å². The Morgan fingerprint density at radius 3 is 2.61 bits per heavy atom. The van der Waals surface area contributed by atoms with Crippen molar-refractivity contribution in [3.05, 3.63) is 65.1 Å². The van der Waals surface area contributed by atoms with E-state index in [2.05, 4.69) is 15.6 Å². The van der Waals surface area contributed by atoms with Crippen molar-refractivity contribution in [2.24, 2.45) is 0 Å². The van der Waals surface area contributed by atoms with Crippen molar-refractivity contribution in [1.82, 2.24) is 10.3 Å². The summed E-state index contributed by atoms with van der Waals surface area (Å²) in [5.74, 6) is -1.91. The first-order chi connectivity index (χ1) is 12.8. The number of anilines is 1. The van der Waals surface area contributed by atoms with Crippen LogP contribution in [0.2, 0.25) is 0 Å². The molecule has 1 aromatic heterocycles. The van der Waals surface area contributed by atoms with Gasteiger partial charge in [0.25, 0.3) is 0 Å². The van der Waals surface area contributed by atoms with Gasteiger partial charge in [0.1, 0.15) is 5.82 Å². The summed E-state index contributed by atoms with van der Waals surface area (Å²) in [6.45, 7) is 3.86. The summed E-state index contributed by atoms with van der Waals surface area (Å²) >= 11 is 0. The number of rotatable bonds is 5. The van der Waals surface area contributed by atoms with Crippen LogP contribution in [0.4, 0.5) is 14.9 Å². The van der Waals surface area contributed by atoms with Crippen LogP contribution in [-0.4, -0.2) is 23.0 Å². The van der Waals surface area contributed by atoms with E-state index in [1.54, 1.807) is 24.3 Å². The molecule has 0 aliphatic heterocycles. The van der Waals surface area contributed by atoms with Gasteiger partial charge in [0, 0.05) is 29.2 Å². The van der Waals surface area contributed by atoms with Gasteiger partial charge >= 0.3 is 57.4 Å². The summed E-state index contributed by atoms with van der Waals surface area (Å²) in [6.07, 6.45) is 1.43. The Balaban J connectivity index is 0.00000280. The van der Waals surface area contributed by atoms with Crippen molar-refractivity contribution in [1.29, 1.82) is 0 Å². The standard InChI is InChI=1S/C20H20FN3O3.K/c1-11-6-7-14(8-12(11)2)23-20(27)24-17(19(25)26)9-13-10-22-16-5-3-4-15(21)18(13)16;/h3-8,10,17,22H,9H2,1-2H3,(H,25,26)(H2,23,24,27);/q;+1/p-1. The third-order valence-electron chi connectivity index (χ3n) is 4.52. The number of carbonyl (C=O) groups is 2. The fraction of sp³-hybridized carbons (Fsp3) is 0.200. The first kappa shape index (κ1) is 22.6. The number of halogens is 1. The van der Waals surface area contributed by atoms with E-state index in [9.17, 15) is 19.1 Å². The van der Waals surface area contributed by atoms with E-state index in [1.165, 1.54) is 12.3 Å². The number of carbonyl (C=O) groups excluding carboxylic acids is 2. The molecule has 0 fully saturated rings. The molecule has 140 valence electrons. The maximum atomic E-state index is 14.1. The molecule has 1 atom stereocenters. The van der Waals surface area contributed by atoms with Gasteiger partial charge in [-0.1, -0.05) is 12.1 Å². The molecule has 3 aromatic rings. The molecule has 0 saturated heterocycles. The van der Waals surface area contributed by atoms with E-state index in [0.717, 1.165) is 11.1 Å². The van der Waals surface area contributed by atoms with Crippen LogP contribution in [0.3, 0.4) is 0 Å². The van der Waals surface area contributed by atoms with Crippen molar-refractivity contribution in [2.45, 2.75) is 26.3 Å². The SMILES string of the molecule is Cc1ccc(NC(=O)NC(Cc2c[nH]c3cccc(F)c23)C(=O)[O-])cc1C.[K+]. The second kappa shape index (κ2) is 9.66. The van der Waals surface area contributed by atoms with Crippen LogP contribution in [0.25, 0.3) is 10.9 Å². The molecule has 3 N–H and O–H groups in total. The molecule has 28 heavy (non-hydrogen) atoms. The minimum Gasteiger partial charge on any atom is -0.548 e. The molecule has 0 spiro atoms. The second-order valence-corrected chi connectivity index (χ2v) is 6.45. The van der Waals surface area contributed by atoms with Crippen molar-refractivity contribution < 1.29 is 70.5 Å². The number of H-pyrrole nitrogens is 1. The van der Waals surface area contributed by atoms with E-state index in [4.69, 9.17) is 0 Å². The predicted octanol–water partition coefficient (Wildman–Crippen LogP) is -0.589. The van der Waals surface area contributed by atoms with Gasteiger partial charge in [-0.25, -0.2) is 9.18 Å². The summed E-state index contributed by atoms with van der Waals surface area (Å²) < 4.78 is 14.1. The van der Waals surface area contributed by atoms with Crippen LogP contribution in [0.15, 0.2) is 42.6 Å². The molecule has 2 aromatic carbocycles. The number of aromatic amines is 1. The molecule has 1 heterocycles. The number of fused-ring (bicyclic) bond motifs is 1. The van der Waals surface area contributed by atoms with Gasteiger partial charge in [-0.3, -0.25) is 0 Å². The van der Waals surface area contributed by atoms with E-state index < -0.39 is 23.9 Å². The number of aryl methyl sites for hydroxylation is 2. The average Bonchev–Trinajstić information content (AvgIpc) is 3.02. The van der Waals surface area contributed by atoms with E-state index >= 15 is 0 Å². The number of carboxylic acid groups (broad SMARTS) is 1. The Hall–Kier alpha value is -1.71. The second-order valence-electron chi connectivity index (χ2n) is 6.45. The monoisotopic (exact) mass is 407 g/mol. The van der Waals surface area contributed by atoms with Crippen molar-refractivity contribution in [3.8, 4) is 0 Å². The molecule has 6 nitrogen and oxygen atoms in total. The third-order valence-corrected chi connectivity index (χ3v) is 4.52. The molecule has 3 rings (SSSR count). The number of aliphatic carboxylic acids is 1. The zero-order chi connectivity index (χ0) is 19.6. The molecular weight excluding hydrogens is 388 g/mol. The quantitative estimate of drug-likeness (QED) is 0.493. The first-order valence-corrected chi connectivity index (χ1v) is 8.45. The molecule has 0 radical (unpaired) electrons. The molecule has 8 heteroatoms.